The van der Waals surface area contributed by atoms with Crippen LogP contribution >= 0.6 is 15.9 Å². The van der Waals surface area contributed by atoms with Gasteiger partial charge in [0.2, 0.25) is 5.91 Å². The number of carbonyl (C=O) groups is 2. The monoisotopic (exact) mass is 459 g/mol. The first-order chi connectivity index (χ1) is 13.6. The van der Waals surface area contributed by atoms with Crippen molar-refractivity contribution >= 4 is 33.9 Å². The molecule has 2 aromatic carbocycles. The molecule has 0 aliphatic rings. The van der Waals surface area contributed by atoms with E-state index in [-0.39, 0.29) is 24.3 Å². The predicted molar refractivity (Wildman–Crippen MR) is 118 cm³/mol. The van der Waals surface area contributed by atoms with Crippen LogP contribution in [0.15, 0.2) is 53.0 Å². The first-order valence-corrected chi connectivity index (χ1v) is 10.1. The maximum atomic E-state index is 11.8. The van der Waals surface area contributed by atoms with Gasteiger partial charge < -0.3 is 15.2 Å². The number of nitrogens with one attached hydrogen (secondary N) is 1. The van der Waals surface area contributed by atoms with Gasteiger partial charge in [0.1, 0.15) is 12.4 Å². The summed E-state index contributed by atoms with van der Waals surface area (Å²) in [6.07, 6.45) is 2.91. The number of carboxylic acid groups (broad SMARTS) is 1. The summed E-state index contributed by atoms with van der Waals surface area (Å²) in [6.45, 7) is 7.03. The van der Waals surface area contributed by atoms with E-state index < -0.39 is 5.97 Å². The molecular formula is C23H26BrNO4. The summed E-state index contributed by atoms with van der Waals surface area (Å²) in [5, 5.41) is 11.2. The molecule has 0 bridgehead atoms. The number of rotatable bonds is 8. The molecule has 0 saturated heterocycles. The number of ether oxygens (including phenoxy) is 1. The number of carbonyl (C=O) groups excluding carboxylic acids is 1. The van der Waals surface area contributed by atoms with Crippen molar-refractivity contribution in [2.45, 2.75) is 39.2 Å². The van der Waals surface area contributed by atoms with Crippen LogP contribution in [0.3, 0.4) is 0 Å². The molecule has 0 aliphatic heterocycles. The Morgan fingerprint density at radius 3 is 2.45 bits per heavy atom. The minimum Gasteiger partial charge on any atom is -0.488 e. The van der Waals surface area contributed by atoms with Crippen molar-refractivity contribution in [2.75, 3.05) is 6.54 Å². The number of aliphatic carboxylic acids is 1. The smallest absolute Gasteiger partial charge is 0.305 e. The second-order valence-electron chi connectivity index (χ2n) is 7.69. The van der Waals surface area contributed by atoms with Gasteiger partial charge in [-0.15, -0.1) is 0 Å². The fourth-order valence-electron chi connectivity index (χ4n) is 2.56. The average molecular weight is 460 g/mol. The second kappa shape index (κ2) is 10.3. The van der Waals surface area contributed by atoms with Crippen LogP contribution < -0.4 is 10.1 Å². The van der Waals surface area contributed by atoms with E-state index in [9.17, 15) is 9.59 Å². The molecule has 154 valence electrons. The number of hydrogen-bond acceptors (Lipinski definition) is 3. The Bertz CT molecular complexity index is 883. The van der Waals surface area contributed by atoms with Gasteiger partial charge in [-0.25, -0.2) is 0 Å². The fourth-order valence-corrected chi connectivity index (χ4v) is 2.94. The van der Waals surface area contributed by atoms with Crippen LogP contribution in [0, 0.1) is 0 Å². The van der Waals surface area contributed by atoms with E-state index in [2.05, 4.69) is 66.3 Å². The maximum Gasteiger partial charge on any atom is 0.305 e. The highest BCUT2D eigenvalue weighted by molar-refractivity contribution is 9.10. The first-order valence-electron chi connectivity index (χ1n) is 9.34. The van der Waals surface area contributed by atoms with Crippen LogP contribution in [-0.2, 0) is 21.6 Å². The predicted octanol–water partition coefficient (Wildman–Crippen LogP) is 4.93. The van der Waals surface area contributed by atoms with E-state index in [4.69, 9.17) is 9.84 Å². The van der Waals surface area contributed by atoms with Crippen molar-refractivity contribution < 1.29 is 19.4 Å². The zero-order chi connectivity index (χ0) is 21.4. The van der Waals surface area contributed by atoms with Gasteiger partial charge >= 0.3 is 5.97 Å². The van der Waals surface area contributed by atoms with Crippen molar-refractivity contribution in [3.05, 3.63) is 69.7 Å². The van der Waals surface area contributed by atoms with Crippen molar-refractivity contribution in [2.24, 2.45) is 0 Å². The fraction of sp³-hybridized carbons (Fsp3) is 0.304. The Hall–Kier alpha value is -2.60. The van der Waals surface area contributed by atoms with Gasteiger partial charge in [-0.1, -0.05) is 61.0 Å². The highest BCUT2D eigenvalue weighted by atomic mass is 79.9. The maximum absolute atomic E-state index is 11.8. The summed E-state index contributed by atoms with van der Waals surface area (Å²) in [4.78, 5) is 22.4. The Morgan fingerprint density at radius 2 is 1.83 bits per heavy atom. The average Bonchev–Trinajstić information content (AvgIpc) is 2.65. The molecule has 0 fully saturated rings. The lowest BCUT2D eigenvalue weighted by atomic mass is 9.87. The molecule has 0 radical (unpaired) electrons. The van der Waals surface area contributed by atoms with Gasteiger partial charge in [0.25, 0.3) is 0 Å². The van der Waals surface area contributed by atoms with Crippen molar-refractivity contribution in [1.29, 1.82) is 0 Å². The molecule has 2 aromatic rings. The van der Waals surface area contributed by atoms with Gasteiger partial charge in [-0.05, 0) is 40.8 Å². The van der Waals surface area contributed by atoms with E-state index in [0.717, 1.165) is 15.6 Å². The summed E-state index contributed by atoms with van der Waals surface area (Å²) < 4.78 is 6.83. The molecule has 29 heavy (non-hydrogen) atoms. The molecule has 1 amide bonds. The third-order valence-electron chi connectivity index (χ3n) is 4.24. The topological polar surface area (TPSA) is 75.6 Å². The zero-order valence-corrected chi connectivity index (χ0v) is 18.5. The van der Waals surface area contributed by atoms with E-state index in [0.29, 0.717) is 12.4 Å². The molecule has 0 spiro atoms. The third kappa shape index (κ3) is 7.74. The first kappa shape index (κ1) is 22.7. The Kier molecular flexibility index (Phi) is 8.02. The largest absolute Gasteiger partial charge is 0.488 e. The number of hydrogen-bond donors (Lipinski definition) is 2. The van der Waals surface area contributed by atoms with Gasteiger partial charge in [0, 0.05) is 22.7 Å². The third-order valence-corrected chi connectivity index (χ3v) is 4.73. The second-order valence-corrected chi connectivity index (χ2v) is 8.60. The summed E-state index contributed by atoms with van der Waals surface area (Å²) in [6, 6.07) is 13.9. The molecule has 5 nitrogen and oxygen atoms in total. The van der Waals surface area contributed by atoms with E-state index >= 15 is 0 Å². The van der Waals surface area contributed by atoms with Crippen LogP contribution in [0.5, 0.6) is 5.75 Å². The summed E-state index contributed by atoms with van der Waals surface area (Å²) in [5.41, 5.74) is 3.18. The number of carboxylic acids is 1. The molecule has 0 aliphatic carbocycles. The molecule has 0 unspecified atom stereocenters. The van der Waals surface area contributed by atoms with Crippen molar-refractivity contribution in [3.63, 3.8) is 0 Å². The van der Waals surface area contributed by atoms with Crippen molar-refractivity contribution in [3.8, 4) is 5.75 Å². The lowest BCUT2D eigenvalue weighted by Gasteiger charge is -2.19. The van der Waals surface area contributed by atoms with Gasteiger partial charge in [-0.3, -0.25) is 9.59 Å². The van der Waals surface area contributed by atoms with Crippen LogP contribution in [-0.4, -0.2) is 23.5 Å². The summed E-state index contributed by atoms with van der Waals surface area (Å²) in [7, 11) is 0. The normalized spacial score (nSPS) is 11.4. The molecule has 6 heteroatoms. The lowest BCUT2D eigenvalue weighted by molar-refractivity contribution is -0.136. The Labute approximate surface area is 179 Å². The zero-order valence-electron chi connectivity index (χ0n) is 16.9. The molecular weight excluding hydrogens is 434 g/mol. The lowest BCUT2D eigenvalue weighted by Crippen LogP contribution is -2.23. The molecule has 2 rings (SSSR count). The quantitative estimate of drug-likeness (QED) is 0.548. The van der Waals surface area contributed by atoms with E-state index in [1.165, 1.54) is 11.6 Å². The minimum atomic E-state index is -0.951. The van der Waals surface area contributed by atoms with Gasteiger partial charge in [0.15, 0.2) is 0 Å². The van der Waals surface area contributed by atoms with Crippen molar-refractivity contribution in [1.82, 2.24) is 5.32 Å². The Morgan fingerprint density at radius 1 is 1.14 bits per heavy atom. The van der Waals surface area contributed by atoms with E-state index in [1.54, 1.807) is 6.08 Å². The highest BCUT2D eigenvalue weighted by Gasteiger charge is 2.13. The molecule has 0 heterocycles. The van der Waals surface area contributed by atoms with Crippen LogP contribution in [0.4, 0.5) is 0 Å². The Balaban J connectivity index is 2.03. The van der Waals surface area contributed by atoms with Gasteiger partial charge in [-0.2, -0.15) is 0 Å². The van der Waals surface area contributed by atoms with Crippen LogP contribution in [0.1, 0.15) is 43.9 Å². The number of halogens is 1. The van der Waals surface area contributed by atoms with Crippen LogP contribution in [0.25, 0.3) is 6.08 Å². The minimum absolute atomic E-state index is 0.0882. The number of amides is 1. The summed E-state index contributed by atoms with van der Waals surface area (Å²) in [5.74, 6) is -0.648. The molecule has 0 atom stereocenters. The highest BCUT2D eigenvalue weighted by Crippen LogP contribution is 2.26. The van der Waals surface area contributed by atoms with E-state index in [1.807, 2.05) is 18.2 Å². The molecule has 0 saturated carbocycles. The summed E-state index contributed by atoms with van der Waals surface area (Å²) >= 11 is 3.43. The number of benzene rings is 2. The molecule has 2 N–H and O–H groups in total. The SMILES string of the molecule is CC(C)(C)c1ccc(COc2ccc(Br)cc2/C=C/C(=O)NCCC(=O)O)cc1. The van der Waals surface area contributed by atoms with Gasteiger partial charge in [0.05, 0.1) is 6.42 Å². The molecule has 0 aromatic heterocycles. The van der Waals surface area contributed by atoms with Crippen LogP contribution in [0.2, 0.25) is 0 Å². The standard InChI is InChI=1S/C23H26BrNO4/c1-23(2,3)18-7-4-16(5-8-18)15-29-20-10-9-19(24)14-17(20)6-11-21(26)25-13-12-22(27)28/h4-11,14H,12-13,15H2,1-3H3,(H,25,26)(H,27,28)/b11-6+.